The van der Waals surface area contributed by atoms with Gasteiger partial charge < -0.3 is 5.11 Å². The molecule has 0 saturated carbocycles. The highest BCUT2D eigenvalue weighted by atomic mass is 35.5. The second-order valence-electron chi connectivity index (χ2n) is 3.56. The molecule has 0 unspecified atom stereocenters. The van der Waals surface area contributed by atoms with Crippen LogP contribution in [0, 0.1) is 0 Å². The van der Waals surface area contributed by atoms with Crippen molar-refractivity contribution < 1.29 is 13.5 Å². The van der Waals surface area contributed by atoms with Gasteiger partial charge >= 0.3 is 0 Å². The SMILES string of the molecule is Cn1nccc1S(=O)(=O)Nc1ccc(O)cc1Cl. The minimum Gasteiger partial charge on any atom is -0.508 e. The first-order valence-corrected chi connectivity index (χ1v) is 6.75. The summed E-state index contributed by atoms with van der Waals surface area (Å²) in [7, 11) is -2.23. The summed E-state index contributed by atoms with van der Waals surface area (Å²) in [6.45, 7) is 0. The standard InChI is InChI=1S/C10H10ClN3O3S/c1-14-10(4-5-12-14)18(16,17)13-9-3-2-7(15)6-8(9)11/h2-6,13,15H,1H3. The molecule has 6 nitrogen and oxygen atoms in total. The maximum absolute atomic E-state index is 12.0. The van der Waals surface area contributed by atoms with Crippen molar-refractivity contribution in [2.75, 3.05) is 4.72 Å². The number of nitrogens with one attached hydrogen (secondary N) is 1. The summed E-state index contributed by atoms with van der Waals surface area (Å²) >= 11 is 5.83. The normalized spacial score (nSPS) is 11.4. The number of aryl methyl sites for hydroxylation is 1. The Morgan fingerprint density at radius 1 is 1.39 bits per heavy atom. The van der Waals surface area contributed by atoms with Crippen molar-refractivity contribution in [3.05, 3.63) is 35.5 Å². The molecule has 0 amide bonds. The van der Waals surface area contributed by atoms with E-state index >= 15 is 0 Å². The van der Waals surface area contributed by atoms with Crippen LogP contribution in [-0.4, -0.2) is 23.3 Å². The molecule has 18 heavy (non-hydrogen) atoms. The molecule has 0 saturated heterocycles. The van der Waals surface area contributed by atoms with Crippen molar-refractivity contribution in [1.29, 1.82) is 0 Å². The van der Waals surface area contributed by atoms with Crippen LogP contribution in [0.1, 0.15) is 0 Å². The lowest BCUT2D eigenvalue weighted by molar-refractivity contribution is 0.475. The Labute approximate surface area is 109 Å². The molecule has 0 fully saturated rings. The van der Waals surface area contributed by atoms with Crippen molar-refractivity contribution in [1.82, 2.24) is 9.78 Å². The fourth-order valence-corrected chi connectivity index (χ4v) is 2.89. The molecule has 1 aromatic heterocycles. The van der Waals surface area contributed by atoms with Gasteiger partial charge in [-0.1, -0.05) is 11.6 Å². The number of benzene rings is 1. The zero-order chi connectivity index (χ0) is 13.3. The summed E-state index contributed by atoms with van der Waals surface area (Å²) in [5.41, 5.74) is 0.190. The number of rotatable bonds is 3. The van der Waals surface area contributed by atoms with Crippen LogP contribution in [0.15, 0.2) is 35.5 Å². The number of phenolic OH excluding ortho intramolecular Hbond substituents is 1. The van der Waals surface area contributed by atoms with Crippen LogP contribution in [0.4, 0.5) is 5.69 Å². The lowest BCUT2D eigenvalue weighted by Gasteiger charge is -2.09. The summed E-state index contributed by atoms with van der Waals surface area (Å²) < 4.78 is 27.6. The third kappa shape index (κ3) is 2.41. The van der Waals surface area contributed by atoms with Crippen molar-refractivity contribution in [2.24, 2.45) is 7.05 Å². The highest BCUT2D eigenvalue weighted by Gasteiger charge is 2.19. The number of aromatic hydroxyl groups is 1. The third-order valence-corrected chi connectivity index (χ3v) is 4.00. The van der Waals surface area contributed by atoms with E-state index in [0.29, 0.717) is 0 Å². The first kappa shape index (κ1) is 12.7. The number of phenols is 1. The van der Waals surface area contributed by atoms with Gasteiger partial charge in [-0.2, -0.15) is 13.5 Å². The van der Waals surface area contributed by atoms with E-state index in [0.717, 1.165) is 0 Å². The molecular weight excluding hydrogens is 278 g/mol. The van der Waals surface area contributed by atoms with Crippen molar-refractivity contribution in [3.63, 3.8) is 0 Å². The lowest BCUT2D eigenvalue weighted by Crippen LogP contribution is -2.16. The van der Waals surface area contributed by atoms with Gasteiger partial charge in [0.05, 0.1) is 16.9 Å². The summed E-state index contributed by atoms with van der Waals surface area (Å²) in [6.07, 6.45) is 1.38. The summed E-state index contributed by atoms with van der Waals surface area (Å²) in [5, 5.41) is 13.1. The zero-order valence-corrected chi connectivity index (χ0v) is 10.9. The molecule has 0 aliphatic rings. The topological polar surface area (TPSA) is 84.2 Å². The predicted molar refractivity (Wildman–Crippen MR) is 67.1 cm³/mol. The van der Waals surface area contributed by atoms with Crippen LogP contribution in [0.3, 0.4) is 0 Å². The summed E-state index contributed by atoms with van der Waals surface area (Å²) in [5.74, 6) is -0.0384. The molecule has 2 N–H and O–H groups in total. The van der Waals surface area contributed by atoms with Gasteiger partial charge in [-0.15, -0.1) is 0 Å². The monoisotopic (exact) mass is 287 g/mol. The third-order valence-electron chi connectivity index (χ3n) is 2.25. The number of hydrogen-bond donors (Lipinski definition) is 2. The molecule has 0 bridgehead atoms. The Kier molecular flexibility index (Phi) is 3.18. The van der Waals surface area contributed by atoms with E-state index in [4.69, 9.17) is 11.6 Å². The zero-order valence-electron chi connectivity index (χ0n) is 9.33. The van der Waals surface area contributed by atoms with Crippen LogP contribution in [-0.2, 0) is 17.1 Å². The number of hydrogen-bond acceptors (Lipinski definition) is 4. The Morgan fingerprint density at radius 3 is 2.67 bits per heavy atom. The molecule has 2 aromatic rings. The van der Waals surface area contributed by atoms with Crippen molar-refractivity contribution in [3.8, 4) is 5.75 Å². The Bertz CT molecular complexity index is 681. The van der Waals surface area contributed by atoms with E-state index < -0.39 is 10.0 Å². The predicted octanol–water partition coefficient (Wildman–Crippen LogP) is 1.58. The maximum Gasteiger partial charge on any atom is 0.279 e. The molecule has 0 aliphatic carbocycles. The van der Waals surface area contributed by atoms with Gasteiger partial charge in [0.15, 0.2) is 5.03 Å². The highest BCUT2D eigenvalue weighted by molar-refractivity contribution is 7.92. The van der Waals surface area contributed by atoms with Crippen molar-refractivity contribution in [2.45, 2.75) is 5.03 Å². The molecule has 0 radical (unpaired) electrons. The fraction of sp³-hybridized carbons (Fsp3) is 0.100. The summed E-state index contributed by atoms with van der Waals surface area (Å²) in [6, 6.07) is 5.35. The number of sulfonamides is 1. The second-order valence-corrected chi connectivity index (χ2v) is 5.60. The molecule has 96 valence electrons. The van der Waals surface area contributed by atoms with Gasteiger partial charge in [-0.3, -0.25) is 9.40 Å². The van der Waals surface area contributed by atoms with Crippen LogP contribution in [0.2, 0.25) is 5.02 Å². The van der Waals surface area contributed by atoms with Gasteiger partial charge in [0.2, 0.25) is 0 Å². The molecule has 1 aromatic carbocycles. The highest BCUT2D eigenvalue weighted by Crippen LogP contribution is 2.27. The van der Waals surface area contributed by atoms with E-state index in [1.165, 1.54) is 42.2 Å². The van der Waals surface area contributed by atoms with Crippen LogP contribution in [0.25, 0.3) is 0 Å². The van der Waals surface area contributed by atoms with E-state index in [1.54, 1.807) is 0 Å². The molecule has 1 heterocycles. The van der Waals surface area contributed by atoms with E-state index in [-0.39, 0.29) is 21.5 Å². The van der Waals surface area contributed by atoms with E-state index in [2.05, 4.69) is 9.82 Å². The number of aromatic nitrogens is 2. The largest absolute Gasteiger partial charge is 0.508 e. The Hall–Kier alpha value is -1.73. The molecule has 0 aliphatic heterocycles. The van der Waals surface area contributed by atoms with Gasteiger partial charge in [-0.05, 0) is 18.2 Å². The number of anilines is 1. The van der Waals surface area contributed by atoms with Gasteiger partial charge in [0.25, 0.3) is 10.0 Å². The maximum atomic E-state index is 12.0. The minimum absolute atomic E-state index is 0.0200. The van der Waals surface area contributed by atoms with Crippen LogP contribution >= 0.6 is 11.6 Å². The van der Waals surface area contributed by atoms with Crippen LogP contribution in [0.5, 0.6) is 5.75 Å². The summed E-state index contributed by atoms with van der Waals surface area (Å²) in [4.78, 5) is 0. The number of nitrogens with zero attached hydrogens (tertiary/aromatic N) is 2. The average Bonchev–Trinajstić information content (AvgIpc) is 2.69. The quantitative estimate of drug-likeness (QED) is 0.840. The van der Waals surface area contributed by atoms with Crippen molar-refractivity contribution >= 4 is 27.3 Å². The molecule has 0 atom stereocenters. The minimum atomic E-state index is -3.75. The smallest absolute Gasteiger partial charge is 0.279 e. The molecule has 0 spiro atoms. The molecule has 8 heteroatoms. The molecule has 2 rings (SSSR count). The average molecular weight is 288 g/mol. The lowest BCUT2D eigenvalue weighted by atomic mass is 10.3. The van der Waals surface area contributed by atoms with Gasteiger partial charge in [0.1, 0.15) is 5.75 Å². The Balaban J connectivity index is 2.37. The van der Waals surface area contributed by atoms with Gasteiger partial charge in [0, 0.05) is 13.1 Å². The molecular formula is C10H10ClN3O3S. The fourth-order valence-electron chi connectivity index (χ4n) is 1.41. The number of halogens is 1. The second kappa shape index (κ2) is 4.51. The first-order valence-electron chi connectivity index (χ1n) is 4.89. The van der Waals surface area contributed by atoms with E-state index in [9.17, 15) is 13.5 Å². The first-order chi connectivity index (χ1) is 8.40. The van der Waals surface area contributed by atoms with Gasteiger partial charge in [-0.25, -0.2) is 0 Å². The Morgan fingerprint density at radius 2 is 2.11 bits per heavy atom. The van der Waals surface area contributed by atoms with Crippen LogP contribution < -0.4 is 4.72 Å². The van der Waals surface area contributed by atoms with E-state index in [1.807, 2.05) is 0 Å².